The van der Waals surface area contributed by atoms with E-state index in [1.165, 1.54) is 0 Å². The van der Waals surface area contributed by atoms with Crippen LogP contribution in [0.15, 0.2) is 0 Å². The molecule has 2 aliphatic heterocycles. The van der Waals surface area contributed by atoms with Gasteiger partial charge in [0.2, 0.25) is 5.91 Å². The van der Waals surface area contributed by atoms with Crippen LogP contribution in [0.3, 0.4) is 0 Å². The SMILES string of the molecule is C[C@@H]1CN(C(=O)C2CCOCC2)CC(C(=O)O)O1. The highest BCUT2D eigenvalue weighted by atomic mass is 16.5. The summed E-state index contributed by atoms with van der Waals surface area (Å²) in [6.07, 6.45) is 0.311. The highest BCUT2D eigenvalue weighted by Crippen LogP contribution is 2.20. The van der Waals surface area contributed by atoms with Crippen LogP contribution in [-0.4, -0.2) is 60.4 Å². The van der Waals surface area contributed by atoms with Crippen molar-refractivity contribution in [1.29, 1.82) is 0 Å². The number of carbonyl (C=O) groups excluding carboxylic acids is 1. The summed E-state index contributed by atoms with van der Waals surface area (Å²) in [6.45, 7) is 3.63. The predicted octanol–water partition coefficient (Wildman–Crippen LogP) is 0.114. The number of ether oxygens (including phenoxy) is 2. The molecule has 0 aliphatic carbocycles. The summed E-state index contributed by atoms with van der Waals surface area (Å²) >= 11 is 0. The van der Waals surface area contributed by atoms with E-state index < -0.39 is 12.1 Å². The van der Waals surface area contributed by atoms with Crippen LogP contribution >= 0.6 is 0 Å². The predicted molar refractivity (Wildman–Crippen MR) is 62.1 cm³/mol. The van der Waals surface area contributed by atoms with Gasteiger partial charge in [0.05, 0.1) is 12.6 Å². The summed E-state index contributed by atoms with van der Waals surface area (Å²) in [5, 5.41) is 8.98. The van der Waals surface area contributed by atoms with Crippen molar-refractivity contribution in [3.63, 3.8) is 0 Å². The number of morpholine rings is 1. The molecule has 0 spiro atoms. The Balaban J connectivity index is 1.98. The first kappa shape index (κ1) is 13.3. The third kappa shape index (κ3) is 3.00. The van der Waals surface area contributed by atoms with E-state index in [0.29, 0.717) is 19.8 Å². The molecule has 6 heteroatoms. The molecule has 2 saturated heterocycles. The fourth-order valence-corrected chi connectivity index (χ4v) is 2.47. The molecule has 102 valence electrons. The molecule has 2 heterocycles. The average Bonchev–Trinajstić information content (AvgIpc) is 2.38. The smallest absolute Gasteiger partial charge is 0.334 e. The Morgan fingerprint density at radius 1 is 1.22 bits per heavy atom. The Bertz CT molecular complexity index is 326. The quantitative estimate of drug-likeness (QED) is 0.760. The molecule has 1 N–H and O–H groups in total. The highest BCUT2D eigenvalue weighted by Gasteiger charge is 2.35. The highest BCUT2D eigenvalue weighted by molar-refractivity contribution is 5.80. The zero-order valence-corrected chi connectivity index (χ0v) is 10.5. The van der Waals surface area contributed by atoms with Crippen LogP contribution < -0.4 is 0 Å². The maximum Gasteiger partial charge on any atom is 0.334 e. The standard InChI is InChI=1S/C12H19NO5/c1-8-6-13(7-10(18-8)12(15)16)11(14)9-2-4-17-5-3-9/h8-10H,2-7H2,1H3,(H,15,16)/t8-,10?/m1/s1. The van der Waals surface area contributed by atoms with E-state index in [1.54, 1.807) is 11.8 Å². The van der Waals surface area contributed by atoms with Crippen molar-refractivity contribution >= 4 is 11.9 Å². The second-order valence-corrected chi connectivity index (χ2v) is 4.90. The van der Waals surface area contributed by atoms with Crippen LogP contribution in [0.4, 0.5) is 0 Å². The molecule has 6 nitrogen and oxygen atoms in total. The molecule has 0 radical (unpaired) electrons. The van der Waals surface area contributed by atoms with E-state index >= 15 is 0 Å². The molecule has 2 fully saturated rings. The number of nitrogens with zero attached hydrogens (tertiary/aromatic N) is 1. The van der Waals surface area contributed by atoms with Crippen LogP contribution in [0.5, 0.6) is 0 Å². The molecule has 0 aromatic rings. The van der Waals surface area contributed by atoms with Crippen molar-refractivity contribution in [2.75, 3.05) is 26.3 Å². The van der Waals surface area contributed by atoms with Gasteiger partial charge in [0, 0.05) is 25.7 Å². The van der Waals surface area contributed by atoms with Crippen molar-refractivity contribution in [2.24, 2.45) is 5.92 Å². The van der Waals surface area contributed by atoms with Crippen molar-refractivity contribution in [1.82, 2.24) is 4.90 Å². The van der Waals surface area contributed by atoms with E-state index in [0.717, 1.165) is 12.8 Å². The van der Waals surface area contributed by atoms with E-state index in [-0.39, 0.29) is 24.5 Å². The third-order valence-corrected chi connectivity index (χ3v) is 3.42. The number of carboxylic acids is 1. The first-order valence-corrected chi connectivity index (χ1v) is 6.32. The van der Waals surface area contributed by atoms with Gasteiger partial charge in [-0.25, -0.2) is 4.79 Å². The van der Waals surface area contributed by atoms with E-state index in [4.69, 9.17) is 14.6 Å². The second kappa shape index (κ2) is 5.67. The van der Waals surface area contributed by atoms with Crippen LogP contribution in [0.1, 0.15) is 19.8 Å². The lowest BCUT2D eigenvalue weighted by atomic mass is 9.98. The zero-order chi connectivity index (χ0) is 13.1. The Morgan fingerprint density at radius 3 is 2.50 bits per heavy atom. The average molecular weight is 257 g/mol. The first-order valence-electron chi connectivity index (χ1n) is 6.32. The lowest BCUT2D eigenvalue weighted by Gasteiger charge is -2.37. The molecule has 0 aromatic carbocycles. The molecule has 0 saturated carbocycles. The van der Waals surface area contributed by atoms with E-state index in [2.05, 4.69) is 0 Å². The molecule has 2 atom stereocenters. The number of rotatable bonds is 2. The Kier molecular flexibility index (Phi) is 4.19. The molecule has 0 bridgehead atoms. The fraction of sp³-hybridized carbons (Fsp3) is 0.833. The molecule has 0 aromatic heterocycles. The third-order valence-electron chi connectivity index (χ3n) is 3.42. The summed E-state index contributed by atoms with van der Waals surface area (Å²) in [5.74, 6) is -0.996. The summed E-state index contributed by atoms with van der Waals surface area (Å²) < 4.78 is 10.5. The van der Waals surface area contributed by atoms with Crippen LogP contribution in [-0.2, 0) is 19.1 Å². The first-order chi connectivity index (χ1) is 8.58. The Morgan fingerprint density at radius 2 is 1.89 bits per heavy atom. The largest absolute Gasteiger partial charge is 0.479 e. The zero-order valence-electron chi connectivity index (χ0n) is 10.5. The molecule has 1 amide bonds. The summed E-state index contributed by atoms with van der Waals surface area (Å²) in [6, 6.07) is 0. The maximum absolute atomic E-state index is 12.3. The minimum Gasteiger partial charge on any atom is -0.479 e. The van der Waals surface area contributed by atoms with Crippen LogP contribution in [0.2, 0.25) is 0 Å². The summed E-state index contributed by atoms with van der Waals surface area (Å²) in [4.78, 5) is 24.9. The van der Waals surface area contributed by atoms with Gasteiger partial charge >= 0.3 is 5.97 Å². The monoisotopic (exact) mass is 257 g/mol. The van der Waals surface area contributed by atoms with Gasteiger partial charge in [-0.05, 0) is 19.8 Å². The number of hydrogen-bond acceptors (Lipinski definition) is 4. The Labute approximate surface area is 106 Å². The van der Waals surface area contributed by atoms with Gasteiger partial charge in [0.1, 0.15) is 0 Å². The van der Waals surface area contributed by atoms with Crippen molar-refractivity contribution in [3.8, 4) is 0 Å². The lowest BCUT2D eigenvalue weighted by molar-refractivity contribution is -0.168. The summed E-state index contributed by atoms with van der Waals surface area (Å²) in [5.41, 5.74) is 0. The van der Waals surface area contributed by atoms with Gasteiger partial charge in [-0.1, -0.05) is 0 Å². The molecule has 18 heavy (non-hydrogen) atoms. The second-order valence-electron chi connectivity index (χ2n) is 4.90. The van der Waals surface area contributed by atoms with E-state index in [1.807, 2.05) is 0 Å². The molecule has 2 aliphatic rings. The van der Waals surface area contributed by atoms with Crippen molar-refractivity contribution in [3.05, 3.63) is 0 Å². The molecule has 1 unspecified atom stereocenters. The lowest BCUT2D eigenvalue weighted by Crippen LogP contribution is -2.53. The molecular weight excluding hydrogens is 238 g/mol. The fourth-order valence-electron chi connectivity index (χ4n) is 2.47. The van der Waals surface area contributed by atoms with Gasteiger partial charge in [-0.3, -0.25) is 4.79 Å². The van der Waals surface area contributed by atoms with Gasteiger partial charge in [0.15, 0.2) is 6.10 Å². The van der Waals surface area contributed by atoms with Crippen molar-refractivity contribution in [2.45, 2.75) is 32.0 Å². The Hall–Kier alpha value is -1.14. The normalized spacial score (nSPS) is 30.2. The van der Waals surface area contributed by atoms with Gasteiger partial charge in [-0.2, -0.15) is 0 Å². The van der Waals surface area contributed by atoms with Gasteiger partial charge < -0.3 is 19.5 Å². The van der Waals surface area contributed by atoms with Gasteiger partial charge in [0.25, 0.3) is 0 Å². The molecule has 2 rings (SSSR count). The summed E-state index contributed by atoms with van der Waals surface area (Å²) in [7, 11) is 0. The number of carbonyl (C=O) groups is 2. The van der Waals surface area contributed by atoms with E-state index in [9.17, 15) is 9.59 Å². The minimum atomic E-state index is -1.01. The van der Waals surface area contributed by atoms with Crippen molar-refractivity contribution < 1.29 is 24.2 Å². The maximum atomic E-state index is 12.3. The minimum absolute atomic E-state index is 0.0292. The van der Waals surface area contributed by atoms with Crippen LogP contribution in [0, 0.1) is 5.92 Å². The molecular formula is C12H19NO5. The topological polar surface area (TPSA) is 76.1 Å². The number of amides is 1. The van der Waals surface area contributed by atoms with Crippen LogP contribution in [0.25, 0.3) is 0 Å². The number of carboxylic acid groups (broad SMARTS) is 1. The van der Waals surface area contributed by atoms with Gasteiger partial charge in [-0.15, -0.1) is 0 Å². The number of hydrogen-bond donors (Lipinski definition) is 1. The number of aliphatic carboxylic acids is 1.